The average Bonchev–Trinajstić information content (AvgIpc) is 3.98. The zero-order valence-electron chi connectivity index (χ0n) is 32.7. The highest BCUT2D eigenvalue weighted by atomic mass is 79.9. The van der Waals surface area contributed by atoms with E-state index >= 15 is 9.59 Å². The van der Waals surface area contributed by atoms with Crippen LogP contribution in [0.3, 0.4) is 0 Å². The third-order valence-corrected chi connectivity index (χ3v) is 13.0. The number of halogens is 2. The van der Waals surface area contributed by atoms with Crippen LogP contribution in [-0.4, -0.2) is 81.5 Å². The molecule has 1 N–H and O–H groups in total. The molecule has 1 saturated heterocycles. The maximum atomic E-state index is 15.3. The topological polar surface area (TPSA) is 102 Å². The number of aromatic hydroxyl groups is 1. The molecule has 4 aromatic carbocycles. The molecule has 6 aromatic rings. The van der Waals surface area contributed by atoms with Gasteiger partial charge in [0.25, 0.3) is 11.8 Å². The maximum absolute atomic E-state index is 15.3. The first-order chi connectivity index (χ1) is 28.3. The summed E-state index contributed by atoms with van der Waals surface area (Å²) in [5.41, 5.74) is 8.32. The first-order valence-electron chi connectivity index (χ1n) is 20.0. The van der Waals surface area contributed by atoms with E-state index in [1.807, 2.05) is 66.7 Å². The van der Waals surface area contributed by atoms with Crippen molar-refractivity contribution in [3.8, 4) is 28.5 Å². The Morgan fingerprint density at radius 3 is 2.47 bits per heavy atom. The number of phenolic OH excluding ortho intramolecular Hbond substituents is 1. The van der Waals surface area contributed by atoms with E-state index in [0.29, 0.717) is 65.9 Å². The SMILES string of the molecule is Cl.Cn1ccc2cc(N(C(=O)c3cc(-c4cc5c(cc4C(=O)N4Cc6cccc(Br)c6C[C@H]4CN4CCOCC4)OCO5)n4c3CCCC4)c3ccc(O)cc3)ccc21. The highest BCUT2D eigenvalue weighted by Crippen LogP contribution is 2.43. The van der Waals surface area contributed by atoms with Gasteiger partial charge in [-0.1, -0.05) is 28.1 Å². The fourth-order valence-corrected chi connectivity index (χ4v) is 9.77. The fourth-order valence-electron chi connectivity index (χ4n) is 9.20. The second kappa shape index (κ2) is 16.1. The average molecular weight is 879 g/mol. The predicted molar refractivity (Wildman–Crippen MR) is 232 cm³/mol. The molecule has 0 bridgehead atoms. The van der Waals surface area contributed by atoms with Crippen molar-refractivity contribution in [1.82, 2.24) is 18.9 Å². The summed E-state index contributed by atoms with van der Waals surface area (Å²) in [5.74, 6) is 0.961. The number of aromatic nitrogens is 2. The molecule has 1 fully saturated rings. The Morgan fingerprint density at radius 2 is 1.66 bits per heavy atom. The van der Waals surface area contributed by atoms with E-state index in [9.17, 15) is 5.11 Å². The van der Waals surface area contributed by atoms with Crippen molar-refractivity contribution in [2.45, 2.75) is 44.8 Å². The number of nitrogens with zero attached hydrogens (tertiary/aromatic N) is 5. The summed E-state index contributed by atoms with van der Waals surface area (Å²) in [6.07, 6.45) is 5.34. The Morgan fingerprint density at radius 1 is 0.881 bits per heavy atom. The van der Waals surface area contributed by atoms with Crippen molar-refractivity contribution in [2.24, 2.45) is 7.05 Å². The van der Waals surface area contributed by atoms with Crippen LogP contribution in [0.2, 0.25) is 0 Å². The summed E-state index contributed by atoms with van der Waals surface area (Å²) in [6, 6.07) is 26.7. The molecule has 59 heavy (non-hydrogen) atoms. The second-order valence-corrected chi connectivity index (χ2v) is 16.5. The third kappa shape index (κ3) is 7.15. The maximum Gasteiger partial charge on any atom is 0.264 e. The zero-order valence-corrected chi connectivity index (χ0v) is 35.1. The number of rotatable bonds is 7. The number of ether oxygens (including phenoxy) is 3. The Labute approximate surface area is 357 Å². The largest absolute Gasteiger partial charge is 0.508 e. The minimum Gasteiger partial charge on any atom is -0.508 e. The van der Waals surface area contributed by atoms with Gasteiger partial charge in [-0.05, 0) is 110 Å². The number of hydrogen-bond donors (Lipinski definition) is 1. The van der Waals surface area contributed by atoms with E-state index in [4.69, 9.17) is 14.2 Å². The number of hydrogen-bond acceptors (Lipinski definition) is 7. The van der Waals surface area contributed by atoms with E-state index in [1.54, 1.807) is 29.2 Å². The Balaban J connectivity index is 0.00000449. The second-order valence-electron chi connectivity index (χ2n) is 15.7. The number of anilines is 2. The number of amides is 2. The molecule has 4 aliphatic rings. The van der Waals surface area contributed by atoms with E-state index < -0.39 is 0 Å². The molecular formula is C46H45BrClN5O6. The number of carbonyl (C=O) groups excluding carboxylic acids is 2. The Kier molecular flexibility index (Phi) is 10.7. The van der Waals surface area contributed by atoms with Crippen LogP contribution < -0.4 is 14.4 Å². The van der Waals surface area contributed by atoms with Crippen molar-refractivity contribution in [3.63, 3.8) is 0 Å². The highest BCUT2D eigenvalue weighted by Gasteiger charge is 2.37. The molecular weight excluding hydrogens is 834 g/mol. The van der Waals surface area contributed by atoms with Gasteiger partial charge >= 0.3 is 0 Å². The predicted octanol–water partition coefficient (Wildman–Crippen LogP) is 8.48. The van der Waals surface area contributed by atoms with E-state index in [1.165, 1.54) is 5.56 Å². The van der Waals surface area contributed by atoms with Gasteiger partial charge < -0.3 is 33.4 Å². The molecule has 1 atom stereocenters. The smallest absolute Gasteiger partial charge is 0.264 e. The van der Waals surface area contributed by atoms with Gasteiger partial charge in [-0.3, -0.25) is 19.4 Å². The Bertz CT molecular complexity index is 2580. The first kappa shape index (κ1) is 39.2. The lowest BCUT2D eigenvalue weighted by Gasteiger charge is -2.41. The third-order valence-electron chi connectivity index (χ3n) is 12.2. The normalized spacial score (nSPS) is 17.3. The van der Waals surface area contributed by atoms with Crippen molar-refractivity contribution < 1.29 is 28.9 Å². The van der Waals surface area contributed by atoms with Crippen LogP contribution in [0.25, 0.3) is 22.2 Å². The molecule has 6 heterocycles. The summed E-state index contributed by atoms with van der Waals surface area (Å²) in [7, 11) is 2.00. The van der Waals surface area contributed by atoms with E-state index in [-0.39, 0.29) is 42.8 Å². The van der Waals surface area contributed by atoms with Crippen molar-refractivity contribution in [1.29, 1.82) is 0 Å². The van der Waals surface area contributed by atoms with Gasteiger partial charge in [0.15, 0.2) is 11.5 Å². The quantitative estimate of drug-likeness (QED) is 0.172. The van der Waals surface area contributed by atoms with Gasteiger partial charge in [-0.15, -0.1) is 12.4 Å². The van der Waals surface area contributed by atoms with Gasteiger partial charge in [-0.25, -0.2) is 0 Å². The molecule has 0 unspecified atom stereocenters. The number of carbonyl (C=O) groups is 2. The Hall–Kier alpha value is -5.27. The van der Waals surface area contributed by atoms with Crippen LogP contribution in [0.5, 0.6) is 17.2 Å². The van der Waals surface area contributed by atoms with Gasteiger partial charge in [0.2, 0.25) is 6.79 Å². The summed E-state index contributed by atoms with van der Waals surface area (Å²) >= 11 is 3.80. The van der Waals surface area contributed by atoms with Crippen LogP contribution in [0.1, 0.15) is 50.4 Å². The lowest BCUT2D eigenvalue weighted by molar-refractivity contribution is 0.0192. The minimum atomic E-state index is -0.185. The number of phenols is 1. The molecule has 2 aromatic heterocycles. The summed E-state index contributed by atoms with van der Waals surface area (Å²) in [5, 5.41) is 11.2. The monoisotopic (exact) mass is 877 g/mol. The molecule has 0 radical (unpaired) electrons. The first-order valence-corrected chi connectivity index (χ1v) is 20.8. The lowest BCUT2D eigenvalue weighted by atomic mass is 9.92. The van der Waals surface area contributed by atoms with Gasteiger partial charge in [0.1, 0.15) is 5.75 Å². The fraction of sp³-hybridized carbons (Fsp3) is 0.304. The van der Waals surface area contributed by atoms with Crippen LogP contribution in [-0.2, 0) is 37.7 Å². The number of aryl methyl sites for hydroxylation is 1. The van der Waals surface area contributed by atoms with Crippen LogP contribution >= 0.6 is 28.3 Å². The van der Waals surface area contributed by atoms with Crippen molar-refractivity contribution in [3.05, 3.63) is 124 Å². The van der Waals surface area contributed by atoms with E-state index in [2.05, 4.69) is 42.1 Å². The van der Waals surface area contributed by atoms with Gasteiger partial charge in [-0.2, -0.15) is 0 Å². The molecule has 0 saturated carbocycles. The molecule has 0 aliphatic carbocycles. The number of fused-ring (bicyclic) bond motifs is 4. The molecule has 11 nitrogen and oxygen atoms in total. The van der Waals surface area contributed by atoms with Crippen LogP contribution in [0.15, 0.2) is 95.6 Å². The molecule has 10 rings (SSSR count). The molecule has 13 heteroatoms. The number of morpholine rings is 1. The van der Waals surface area contributed by atoms with Gasteiger partial charge in [0.05, 0.1) is 24.3 Å². The standard InChI is InChI=1S/C46H44BrN5O6.ClH/c1-48-16-14-29-21-32(10-13-40(29)48)52(31-8-11-34(53)12-9-31)46(55)38-23-42(50-15-3-2-7-41(38)50)36-24-43-44(58-28-57-43)25-37(36)45(54)51-26-30-5-4-6-39(47)35(30)22-33(51)27-49-17-19-56-20-18-49;/h4-6,8-14,16,21,23-25,33,53H,2-3,7,15,17-20,22,26-28H2,1H3;1H/t33-;/m0./s1. The van der Waals surface area contributed by atoms with Crippen molar-refractivity contribution in [2.75, 3.05) is 44.5 Å². The van der Waals surface area contributed by atoms with E-state index in [0.717, 1.165) is 77.6 Å². The summed E-state index contributed by atoms with van der Waals surface area (Å²) in [4.78, 5) is 36.7. The van der Waals surface area contributed by atoms with Crippen LogP contribution in [0.4, 0.5) is 11.4 Å². The van der Waals surface area contributed by atoms with Crippen LogP contribution in [0, 0.1) is 0 Å². The summed E-state index contributed by atoms with van der Waals surface area (Å²) < 4.78 is 22.9. The van der Waals surface area contributed by atoms with Crippen molar-refractivity contribution >= 4 is 62.4 Å². The molecule has 0 spiro atoms. The lowest BCUT2D eigenvalue weighted by Crippen LogP contribution is -2.52. The summed E-state index contributed by atoms with van der Waals surface area (Å²) in [6.45, 7) is 4.99. The zero-order chi connectivity index (χ0) is 39.5. The highest BCUT2D eigenvalue weighted by molar-refractivity contribution is 9.10. The molecule has 2 amide bonds. The minimum absolute atomic E-state index is 0. The number of benzene rings is 4. The molecule has 304 valence electrons. The van der Waals surface area contributed by atoms with Gasteiger partial charge in [0, 0.05) is 95.7 Å². The molecule has 4 aliphatic heterocycles.